The Labute approximate surface area is 198 Å². The van der Waals surface area contributed by atoms with Crippen LogP contribution in [-0.2, 0) is 4.79 Å². The lowest BCUT2D eigenvalue weighted by Crippen LogP contribution is -2.45. The van der Waals surface area contributed by atoms with Crippen LogP contribution < -0.4 is 4.90 Å². The number of unbranched alkanes of at least 4 members (excludes halogenated alkanes) is 1. The second-order valence-corrected chi connectivity index (χ2v) is 10.6. The molecule has 1 amide bonds. The molecular formula is C27H39F2N3O. The fourth-order valence-electron chi connectivity index (χ4n) is 4.59. The lowest BCUT2D eigenvalue weighted by atomic mass is 9.78. The number of amides is 1. The summed E-state index contributed by atoms with van der Waals surface area (Å²) in [6.45, 7) is 11.5. The highest BCUT2D eigenvalue weighted by Crippen LogP contribution is 2.42. The van der Waals surface area contributed by atoms with Gasteiger partial charge in [-0.3, -0.25) is 4.79 Å². The summed E-state index contributed by atoms with van der Waals surface area (Å²) in [6, 6.07) is 7.55. The number of carbonyl (C=O) groups is 1. The van der Waals surface area contributed by atoms with Gasteiger partial charge in [0.25, 0.3) is 5.92 Å². The molecule has 1 aliphatic carbocycles. The molecule has 1 aromatic carbocycles. The normalized spacial score (nSPS) is 20.4. The van der Waals surface area contributed by atoms with Gasteiger partial charge in [-0.2, -0.15) is 5.26 Å². The van der Waals surface area contributed by atoms with Crippen molar-refractivity contribution in [3.63, 3.8) is 0 Å². The second kappa shape index (κ2) is 11.6. The Morgan fingerprint density at radius 2 is 2.00 bits per heavy atom. The quantitative estimate of drug-likeness (QED) is 0.373. The lowest BCUT2D eigenvalue weighted by Gasteiger charge is -2.40. The van der Waals surface area contributed by atoms with E-state index in [9.17, 15) is 10.1 Å². The number of benzene rings is 1. The first-order valence-electron chi connectivity index (χ1n) is 12.0. The number of nitriles is 1. The van der Waals surface area contributed by atoms with Crippen molar-refractivity contribution in [3.8, 4) is 6.07 Å². The van der Waals surface area contributed by atoms with E-state index in [4.69, 9.17) is 0 Å². The highest BCUT2D eigenvalue weighted by molar-refractivity contribution is 5.59. The maximum absolute atomic E-state index is 15.1. The SMILES string of the molecule is CCC/C=C/N(C[C@@H]1C[C@H](CN(C=O)CC(C)(C)C)CCC1(F)F)c1cc(C#N)ccc1C. The molecule has 0 radical (unpaired) electrons. The number of alkyl halides is 2. The molecule has 182 valence electrons. The largest absolute Gasteiger partial charge is 0.348 e. The molecule has 1 fully saturated rings. The van der Waals surface area contributed by atoms with Crippen LogP contribution in [0.5, 0.6) is 0 Å². The molecule has 0 saturated heterocycles. The van der Waals surface area contributed by atoms with Crippen LogP contribution in [0.3, 0.4) is 0 Å². The number of carbonyl (C=O) groups excluding carboxylic acids is 1. The summed E-state index contributed by atoms with van der Waals surface area (Å²) in [5.41, 5.74) is 2.22. The number of aryl methyl sites for hydroxylation is 1. The fraction of sp³-hybridized carbons (Fsp3) is 0.630. The Morgan fingerprint density at radius 3 is 2.61 bits per heavy atom. The highest BCUT2D eigenvalue weighted by Gasteiger charge is 2.45. The number of nitrogens with zero attached hydrogens (tertiary/aromatic N) is 3. The molecular weight excluding hydrogens is 420 g/mol. The monoisotopic (exact) mass is 459 g/mol. The van der Waals surface area contributed by atoms with Crippen molar-refractivity contribution in [2.75, 3.05) is 24.5 Å². The smallest absolute Gasteiger partial charge is 0.252 e. The van der Waals surface area contributed by atoms with Gasteiger partial charge in [0.2, 0.25) is 6.41 Å². The number of halogens is 2. The van der Waals surface area contributed by atoms with Gasteiger partial charge < -0.3 is 9.80 Å². The predicted octanol–water partition coefficient (Wildman–Crippen LogP) is 6.54. The first-order chi connectivity index (χ1) is 15.5. The number of hydrogen-bond acceptors (Lipinski definition) is 3. The average molecular weight is 460 g/mol. The molecule has 0 heterocycles. The van der Waals surface area contributed by atoms with Crippen LogP contribution in [0, 0.1) is 35.5 Å². The van der Waals surface area contributed by atoms with Crippen molar-refractivity contribution in [3.05, 3.63) is 41.6 Å². The van der Waals surface area contributed by atoms with Crippen LogP contribution in [0.15, 0.2) is 30.5 Å². The molecule has 2 rings (SSSR count). The van der Waals surface area contributed by atoms with Crippen LogP contribution in [0.2, 0.25) is 0 Å². The third-order valence-corrected chi connectivity index (χ3v) is 6.23. The van der Waals surface area contributed by atoms with Crippen LogP contribution in [0.25, 0.3) is 0 Å². The zero-order valence-electron chi connectivity index (χ0n) is 20.8. The molecule has 2 atom stereocenters. The molecule has 1 aliphatic rings. The van der Waals surface area contributed by atoms with Gasteiger partial charge in [0.1, 0.15) is 0 Å². The molecule has 0 spiro atoms. The topological polar surface area (TPSA) is 47.3 Å². The summed E-state index contributed by atoms with van der Waals surface area (Å²) in [7, 11) is 0. The zero-order chi connectivity index (χ0) is 24.6. The van der Waals surface area contributed by atoms with Gasteiger partial charge in [0, 0.05) is 43.9 Å². The van der Waals surface area contributed by atoms with Crippen molar-refractivity contribution >= 4 is 12.1 Å². The first-order valence-corrected chi connectivity index (χ1v) is 12.0. The van der Waals surface area contributed by atoms with Gasteiger partial charge in [-0.15, -0.1) is 0 Å². The average Bonchev–Trinajstić information content (AvgIpc) is 2.74. The molecule has 0 N–H and O–H groups in total. The van der Waals surface area contributed by atoms with Crippen LogP contribution in [-0.4, -0.2) is 36.9 Å². The first kappa shape index (κ1) is 26.8. The lowest BCUT2D eigenvalue weighted by molar-refractivity contribution is -0.122. The number of hydrogen-bond donors (Lipinski definition) is 0. The van der Waals surface area contributed by atoms with Gasteiger partial charge in [-0.25, -0.2) is 8.78 Å². The number of anilines is 1. The maximum Gasteiger partial charge on any atom is 0.252 e. The van der Waals surface area contributed by atoms with Crippen molar-refractivity contribution in [1.82, 2.24) is 4.90 Å². The molecule has 4 nitrogen and oxygen atoms in total. The van der Waals surface area contributed by atoms with Crippen LogP contribution >= 0.6 is 0 Å². The Balaban J connectivity index is 2.25. The van der Waals surface area contributed by atoms with E-state index < -0.39 is 11.8 Å². The number of rotatable bonds is 10. The molecule has 0 bridgehead atoms. The minimum Gasteiger partial charge on any atom is -0.348 e. The highest BCUT2D eigenvalue weighted by atomic mass is 19.3. The molecule has 33 heavy (non-hydrogen) atoms. The van der Waals surface area contributed by atoms with E-state index in [0.29, 0.717) is 31.5 Å². The van der Waals surface area contributed by atoms with E-state index in [1.54, 1.807) is 17.0 Å². The molecule has 0 unspecified atom stereocenters. The van der Waals surface area contributed by atoms with Crippen LogP contribution in [0.1, 0.15) is 70.9 Å². The van der Waals surface area contributed by atoms with E-state index >= 15 is 8.78 Å². The molecule has 0 aromatic heterocycles. The summed E-state index contributed by atoms with van der Waals surface area (Å²) in [5, 5.41) is 9.34. The molecule has 1 aromatic rings. The van der Waals surface area contributed by atoms with E-state index in [1.807, 2.05) is 30.2 Å². The summed E-state index contributed by atoms with van der Waals surface area (Å²) < 4.78 is 30.1. The Kier molecular flexibility index (Phi) is 9.46. The minimum absolute atomic E-state index is 0.0386. The van der Waals surface area contributed by atoms with Gasteiger partial charge in [-0.1, -0.05) is 46.3 Å². The Morgan fingerprint density at radius 1 is 1.27 bits per heavy atom. The summed E-state index contributed by atoms with van der Waals surface area (Å²) >= 11 is 0. The van der Waals surface area contributed by atoms with E-state index in [0.717, 1.165) is 30.5 Å². The van der Waals surface area contributed by atoms with Crippen molar-refractivity contribution < 1.29 is 13.6 Å². The maximum atomic E-state index is 15.1. The second-order valence-electron chi connectivity index (χ2n) is 10.6. The van der Waals surface area contributed by atoms with Gasteiger partial charge >= 0.3 is 0 Å². The molecule has 6 heteroatoms. The van der Waals surface area contributed by atoms with Gasteiger partial charge in [0.15, 0.2) is 0 Å². The summed E-state index contributed by atoms with van der Waals surface area (Å²) in [4.78, 5) is 15.2. The summed E-state index contributed by atoms with van der Waals surface area (Å²) in [5.74, 6) is -3.53. The summed E-state index contributed by atoms with van der Waals surface area (Å²) in [6.07, 6.45) is 7.22. The van der Waals surface area contributed by atoms with E-state index in [1.165, 1.54) is 0 Å². The standard InChI is InChI=1S/C27H39F2N3O/c1-6-7-8-13-32(25-15-22(16-30)10-9-21(25)2)18-24-14-23(11-12-27(24,28)29)17-31(20-33)19-26(3,4)5/h8-10,13,15,20,23-24H,6-7,11-12,14,17-19H2,1-5H3/b13-8+/t23-,24+/m1/s1. The molecule has 0 aliphatic heterocycles. The van der Waals surface area contributed by atoms with E-state index in [-0.39, 0.29) is 24.3 Å². The predicted molar refractivity (Wildman–Crippen MR) is 130 cm³/mol. The van der Waals surface area contributed by atoms with Crippen molar-refractivity contribution in [2.45, 2.75) is 72.6 Å². The van der Waals surface area contributed by atoms with E-state index in [2.05, 4.69) is 33.8 Å². The van der Waals surface area contributed by atoms with Gasteiger partial charge in [0.05, 0.1) is 11.6 Å². The van der Waals surface area contributed by atoms with Crippen molar-refractivity contribution in [2.24, 2.45) is 17.3 Å². The zero-order valence-corrected chi connectivity index (χ0v) is 20.8. The van der Waals surface area contributed by atoms with Gasteiger partial charge in [-0.05, 0) is 55.2 Å². The van der Waals surface area contributed by atoms with Crippen LogP contribution in [0.4, 0.5) is 14.5 Å². The fourth-order valence-corrected chi connectivity index (χ4v) is 4.59. The third kappa shape index (κ3) is 8.14. The minimum atomic E-state index is -2.76. The Bertz CT molecular complexity index is 854. The number of allylic oxidation sites excluding steroid dienone is 1. The Hall–Kier alpha value is -2.42. The molecule has 1 saturated carbocycles. The third-order valence-electron chi connectivity index (χ3n) is 6.23. The van der Waals surface area contributed by atoms with Crippen molar-refractivity contribution in [1.29, 1.82) is 5.26 Å².